The van der Waals surface area contributed by atoms with Crippen molar-refractivity contribution in [2.45, 2.75) is 52.8 Å². The number of rotatable bonds is 8. The molecule has 0 unspecified atom stereocenters. The molecule has 9 nitrogen and oxygen atoms in total. The van der Waals surface area contributed by atoms with Gasteiger partial charge in [0.25, 0.3) is 5.56 Å². The highest BCUT2D eigenvalue weighted by molar-refractivity contribution is 7.75. The van der Waals surface area contributed by atoms with Crippen molar-refractivity contribution in [3.8, 4) is 11.4 Å². The second kappa shape index (κ2) is 9.74. The van der Waals surface area contributed by atoms with E-state index >= 15 is 0 Å². The van der Waals surface area contributed by atoms with Crippen LogP contribution in [0.3, 0.4) is 0 Å². The van der Waals surface area contributed by atoms with E-state index in [4.69, 9.17) is 4.18 Å². The SMILES string of the molecule is CCCn1c(=O)c2c(nc(-c3cnn(Cc4cccc(C(F)(F)F)c4)c3)n2COS)n(CC)c1=O. The van der Waals surface area contributed by atoms with Crippen LogP contribution >= 0.6 is 12.9 Å². The van der Waals surface area contributed by atoms with Crippen molar-refractivity contribution in [1.29, 1.82) is 0 Å². The van der Waals surface area contributed by atoms with Gasteiger partial charge < -0.3 is 0 Å². The summed E-state index contributed by atoms with van der Waals surface area (Å²) >= 11 is 3.83. The summed E-state index contributed by atoms with van der Waals surface area (Å²) in [6.07, 6.45) is -0.752. The summed E-state index contributed by atoms with van der Waals surface area (Å²) in [6.45, 7) is 4.16. The normalized spacial score (nSPS) is 12.1. The van der Waals surface area contributed by atoms with Gasteiger partial charge in [0.1, 0.15) is 12.6 Å². The number of imidazole rings is 1. The minimum atomic E-state index is -4.44. The van der Waals surface area contributed by atoms with E-state index < -0.39 is 23.0 Å². The molecule has 1 aromatic carbocycles. The first-order chi connectivity index (χ1) is 16.7. The fraction of sp³-hybridized carbons (Fsp3) is 0.364. The molecule has 0 amide bonds. The molecule has 0 aliphatic rings. The lowest BCUT2D eigenvalue weighted by Crippen LogP contribution is -2.40. The Morgan fingerprint density at radius 1 is 1.11 bits per heavy atom. The molecular formula is C22H23F3N6O3S. The maximum atomic E-state index is 13.2. The van der Waals surface area contributed by atoms with Crippen molar-refractivity contribution in [1.82, 2.24) is 28.5 Å². The number of fused-ring (bicyclic) bond motifs is 1. The van der Waals surface area contributed by atoms with Gasteiger partial charge in [0.2, 0.25) is 0 Å². The van der Waals surface area contributed by atoms with Crippen LogP contribution in [-0.4, -0.2) is 28.5 Å². The van der Waals surface area contributed by atoms with Crippen molar-refractivity contribution in [2.24, 2.45) is 0 Å². The smallest absolute Gasteiger partial charge is 0.297 e. The van der Waals surface area contributed by atoms with E-state index in [1.54, 1.807) is 19.2 Å². The molecule has 0 aliphatic carbocycles. The Labute approximate surface area is 203 Å². The highest BCUT2D eigenvalue weighted by atomic mass is 32.1. The molecule has 3 aromatic heterocycles. The molecule has 0 bridgehead atoms. The number of aryl methyl sites for hydroxylation is 1. The van der Waals surface area contributed by atoms with Crippen molar-refractivity contribution in [3.05, 3.63) is 68.6 Å². The molecule has 35 heavy (non-hydrogen) atoms. The Kier molecular flexibility index (Phi) is 6.90. The van der Waals surface area contributed by atoms with Gasteiger partial charge in [0.15, 0.2) is 11.2 Å². The molecule has 4 rings (SSSR count). The summed E-state index contributed by atoms with van der Waals surface area (Å²) in [6, 6.07) is 5.01. The number of alkyl halides is 3. The predicted molar refractivity (Wildman–Crippen MR) is 126 cm³/mol. The average Bonchev–Trinajstić information content (AvgIpc) is 3.42. The molecule has 13 heteroatoms. The maximum Gasteiger partial charge on any atom is 0.416 e. The second-order valence-corrected chi connectivity index (χ2v) is 8.16. The molecule has 0 saturated carbocycles. The fourth-order valence-corrected chi connectivity index (χ4v) is 4.11. The zero-order chi connectivity index (χ0) is 25.3. The highest BCUT2D eigenvalue weighted by Crippen LogP contribution is 2.30. The Morgan fingerprint density at radius 3 is 2.54 bits per heavy atom. The van der Waals surface area contributed by atoms with Crippen LogP contribution in [0, 0.1) is 0 Å². The first kappa shape index (κ1) is 24.8. The number of aromatic nitrogens is 6. The highest BCUT2D eigenvalue weighted by Gasteiger charge is 2.30. The van der Waals surface area contributed by atoms with E-state index in [9.17, 15) is 22.8 Å². The third-order valence-electron chi connectivity index (χ3n) is 5.55. The van der Waals surface area contributed by atoms with Crippen molar-refractivity contribution < 1.29 is 17.4 Å². The molecular weight excluding hydrogens is 485 g/mol. The minimum Gasteiger partial charge on any atom is -0.297 e. The van der Waals surface area contributed by atoms with Crippen LogP contribution < -0.4 is 11.2 Å². The quantitative estimate of drug-likeness (QED) is 0.291. The lowest BCUT2D eigenvalue weighted by molar-refractivity contribution is -0.137. The zero-order valence-corrected chi connectivity index (χ0v) is 19.9. The van der Waals surface area contributed by atoms with Crippen molar-refractivity contribution in [2.75, 3.05) is 0 Å². The first-order valence-corrected chi connectivity index (χ1v) is 11.2. The molecule has 0 aliphatic heterocycles. The van der Waals surface area contributed by atoms with E-state index in [0.29, 0.717) is 29.9 Å². The standard InChI is InChI=1S/C22H23F3N6O3S/c1-3-8-30-20(32)17-19(29(4-2)21(30)33)27-18(31(17)13-34-35)15-10-26-28(12-15)11-14-6-5-7-16(9-14)22(23,24)25/h5-7,9-10,12,35H,3-4,8,11,13H2,1-2H3. The zero-order valence-electron chi connectivity index (χ0n) is 19.0. The number of hydrogen-bond donors (Lipinski definition) is 1. The lowest BCUT2D eigenvalue weighted by atomic mass is 10.1. The van der Waals surface area contributed by atoms with Crippen LogP contribution in [0.2, 0.25) is 0 Å². The monoisotopic (exact) mass is 508 g/mol. The Balaban J connectivity index is 1.81. The third-order valence-corrected chi connectivity index (χ3v) is 5.67. The van der Waals surface area contributed by atoms with E-state index in [1.165, 1.54) is 30.6 Å². The van der Waals surface area contributed by atoms with Gasteiger partial charge >= 0.3 is 11.9 Å². The van der Waals surface area contributed by atoms with Gasteiger partial charge in [-0.15, -0.1) is 0 Å². The van der Waals surface area contributed by atoms with Crippen molar-refractivity contribution >= 4 is 24.1 Å². The minimum absolute atomic E-state index is 0.0934. The molecule has 0 fully saturated rings. The number of halogens is 3. The molecule has 0 spiro atoms. The Hall–Kier alpha value is -3.32. The van der Waals surface area contributed by atoms with Gasteiger partial charge in [-0.25, -0.2) is 9.78 Å². The van der Waals surface area contributed by atoms with Crippen LogP contribution in [0.1, 0.15) is 31.4 Å². The van der Waals surface area contributed by atoms with Crippen LogP contribution in [0.4, 0.5) is 13.2 Å². The molecule has 3 heterocycles. The number of benzene rings is 1. The summed E-state index contributed by atoms with van der Waals surface area (Å²) < 4.78 is 49.7. The van der Waals surface area contributed by atoms with Gasteiger partial charge in [0, 0.05) is 19.3 Å². The first-order valence-electron chi connectivity index (χ1n) is 10.9. The molecule has 0 atom stereocenters. The summed E-state index contributed by atoms with van der Waals surface area (Å²) in [5.74, 6) is 0.317. The van der Waals surface area contributed by atoms with Crippen LogP contribution in [-0.2, 0) is 36.7 Å². The largest absolute Gasteiger partial charge is 0.416 e. The average molecular weight is 509 g/mol. The van der Waals surface area contributed by atoms with Gasteiger partial charge in [-0.3, -0.25) is 27.4 Å². The van der Waals surface area contributed by atoms with E-state index in [-0.39, 0.29) is 31.0 Å². The molecule has 4 aromatic rings. The lowest BCUT2D eigenvalue weighted by Gasteiger charge is -2.10. The van der Waals surface area contributed by atoms with Gasteiger partial charge in [-0.2, -0.15) is 18.3 Å². The van der Waals surface area contributed by atoms with Gasteiger partial charge in [-0.1, -0.05) is 19.1 Å². The number of hydrogen-bond acceptors (Lipinski definition) is 6. The summed E-state index contributed by atoms with van der Waals surface area (Å²) in [4.78, 5) is 30.6. The second-order valence-electron chi connectivity index (χ2n) is 7.90. The van der Waals surface area contributed by atoms with E-state index in [0.717, 1.165) is 12.1 Å². The van der Waals surface area contributed by atoms with Crippen molar-refractivity contribution in [3.63, 3.8) is 0 Å². The van der Waals surface area contributed by atoms with Gasteiger partial charge in [0.05, 0.1) is 23.9 Å². The predicted octanol–water partition coefficient (Wildman–Crippen LogP) is 3.54. The maximum absolute atomic E-state index is 13.2. The Bertz CT molecular complexity index is 1480. The summed E-state index contributed by atoms with van der Waals surface area (Å²) in [5, 5.41) is 4.25. The van der Waals surface area contributed by atoms with E-state index in [2.05, 4.69) is 23.0 Å². The molecule has 0 N–H and O–H groups in total. The summed E-state index contributed by atoms with van der Waals surface area (Å²) in [7, 11) is 0. The van der Waals surface area contributed by atoms with Crippen LogP contribution in [0.15, 0.2) is 46.2 Å². The Morgan fingerprint density at radius 2 is 1.89 bits per heavy atom. The molecule has 0 saturated heterocycles. The van der Waals surface area contributed by atoms with E-state index in [1.807, 2.05) is 6.92 Å². The summed E-state index contributed by atoms with van der Waals surface area (Å²) in [5.41, 5.74) is -0.363. The topological polar surface area (TPSA) is 88.9 Å². The third kappa shape index (κ3) is 4.65. The fourth-order valence-electron chi connectivity index (χ4n) is 4.00. The molecule has 186 valence electrons. The van der Waals surface area contributed by atoms with Crippen LogP contribution in [0.25, 0.3) is 22.6 Å². The van der Waals surface area contributed by atoms with Crippen LogP contribution in [0.5, 0.6) is 0 Å². The van der Waals surface area contributed by atoms with Gasteiger partial charge in [-0.05, 0) is 44.0 Å². The molecule has 0 radical (unpaired) electrons. The number of thiol groups is 1. The number of nitrogens with zero attached hydrogens (tertiary/aromatic N) is 6.